The molecule has 2 atom stereocenters. The molecular formula is C28H24N4O3S2. The number of terminal acetylenes is 1. The first-order valence-electron chi connectivity index (χ1n) is 11.7. The summed E-state index contributed by atoms with van der Waals surface area (Å²) in [4.78, 5) is 46.6. The Morgan fingerprint density at radius 3 is 2.76 bits per heavy atom. The molecule has 3 amide bonds. The van der Waals surface area contributed by atoms with E-state index in [2.05, 4.69) is 10.9 Å². The molecule has 1 fully saturated rings. The van der Waals surface area contributed by atoms with E-state index in [1.165, 1.54) is 23.1 Å². The van der Waals surface area contributed by atoms with Crippen LogP contribution < -0.4 is 15.5 Å². The minimum atomic E-state index is -0.623. The van der Waals surface area contributed by atoms with Gasteiger partial charge in [-0.3, -0.25) is 19.3 Å². The lowest BCUT2D eigenvalue weighted by Gasteiger charge is -2.24. The van der Waals surface area contributed by atoms with E-state index in [1.807, 2.05) is 48.8 Å². The molecule has 3 N–H and O–H groups in total. The number of aromatic amines is 1. The van der Waals surface area contributed by atoms with E-state index >= 15 is 0 Å². The van der Waals surface area contributed by atoms with Crippen molar-refractivity contribution >= 4 is 63.1 Å². The lowest BCUT2D eigenvalue weighted by atomic mass is 10.1. The predicted octanol–water partition coefficient (Wildman–Crippen LogP) is 4.90. The van der Waals surface area contributed by atoms with Gasteiger partial charge in [0.1, 0.15) is 5.37 Å². The second-order valence-corrected chi connectivity index (χ2v) is 10.7. The lowest BCUT2D eigenvalue weighted by molar-refractivity contribution is -0.123. The molecule has 186 valence electrons. The van der Waals surface area contributed by atoms with Crippen LogP contribution in [0.1, 0.15) is 39.5 Å². The number of benzene rings is 2. The van der Waals surface area contributed by atoms with E-state index in [9.17, 15) is 14.4 Å². The Kier molecular flexibility index (Phi) is 6.78. The molecule has 37 heavy (non-hydrogen) atoms. The maximum atomic E-state index is 13.8. The fourth-order valence-corrected chi connectivity index (χ4v) is 7.13. The number of carbonyl (C=O) groups excluding carboxylic acids is 3. The molecule has 3 heterocycles. The number of amides is 3. The Morgan fingerprint density at radius 1 is 1.19 bits per heavy atom. The van der Waals surface area contributed by atoms with Crippen LogP contribution in [0.5, 0.6) is 0 Å². The zero-order valence-corrected chi connectivity index (χ0v) is 21.6. The Bertz CT molecular complexity index is 1550. The number of fused-ring (bicyclic) bond motifs is 1. The topological polar surface area (TPSA) is 99.5 Å². The van der Waals surface area contributed by atoms with Crippen LogP contribution in [0.3, 0.4) is 0 Å². The van der Waals surface area contributed by atoms with Crippen molar-refractivity contribution in [1.29, 1.82) is 0 Å². The molecule has 1 aliphatic heterocycles. The molecule has 2 aromatic carbocycles. The van der Waals surface area contributed by atoms with E-state index in [0.717, 1.165) is 21.5 Å². The summed E-state index contributed by atoms with van der Waals surface area (Å²) in [5, 5.41) is 1.79. The van der Waals surface area contributed by atoms with Crippen molar-refractivity contribution in [3.8, 4) is 12.3 Å². The number of rotatable bonds is 7. The third kappa shape index (κ3) is 4.50. The number of primary amides is 1. The maximum absolute atomic E-state index is 13.8. The van der Waals surface area contributed by atoms with Crippen LogP contribution in [-0.2, 0) is 9.59 Å². The molecule has 0 spiro atoms. The number of H-pyrrole nitrogens is 1. The fraction of sp³-hybridized carbons (Fsp3) is 0.179. The number of thioether (sulfide) groups is 1. The van der Waals surface area contributed by atoms with Gasteiger partial charge in [0.15, 0.2) is 0 Å². The molecule has 7 nitrogen and oxygen atoms in total. The van der Waals surface area contributed by atoms with E-state index in [-0.39, 0.29) is 18.2 Å². The largest absolute Gasteiger partial charge is 0.366 e. The molecule has 0 unspecified atom stereocenters. The van der Waals surface area contributed by atoms with Gasteiger partial charge < -0.3 is 15.6 Å². The highest BCUT2D eigenvalue weighted by Crippen LogP contribution is 2.49. The number of hydrogen-bond donors (Lipinski definition) is 2. The SMILES string of the molecule is C#Cc1ccsc1[C@@H]1S[C@H](CC(=O)N(CC)c2c[nH]c3ccccc23)C(=O)N1c1cccc(C(N)=O)c1. The third-order valence-corrected chi connectivity index (χ3v) is 8.88. The summed E-state index contributed by atoms with van der Waals surface area (Å²) in [5.74, 6) is 1.76. The standard InChI is InChI=1S/C28H24N4O3S2/c1-3-17-12-13-36-25(17)28-32(19-9-7-8-18(14-19)26(29)34)27(35)23(37-28)15-24(33)31(4-2)22-16-30-21-11-6-5-10-20(21)22/h1,5-14,16,23,28,30H,4,15H2,2H3,(H2,29,34)/t23-,28+/m1/s1. The van der Waals surface area contributed by atoms with Crippen molar-refractivity contribution in [1.82, 2.24) is 4.98 Å². The number of nitrogens with two attached hydrogens (primary N) is 1. The average molecular weight is 529 g/mol. The minimum Gasteiger partial charge on any atom is -0.366 e. The van der Waals surface area contributed by atoms with Crippen molar-refractivity contribution in [2.45, 2.75) is 24.0 Å². The van der Waals surface area contributed by atoms with Gasteiger partial charge in [0.2, 0.25) is 17.7 Å². The quantitative estimate of drug-likeness (QED) is 0.333. The Morgan fingerprint density at radius 2 is 2.00 bits per heavy atom. The zero-order chi connectivity index (χ0) is 26.1. The smallest absolute Gasteiger partial charge is 0.248 e. The monoisotopic (exact) mass is 528 g/mol. The highest BCUT2D eigenvalue weighted by atomic mass is 32.2. The number of para-hydroxylation sites is 1. The average Bonchev–Trinajstić information content (AvgIpc) is 3.62. The number of carbonyl (C=O) groups is 3. The normalized spacial score (nSPS) is 17.2. The van der Waals surface area contributed by atoms with Crippen LogP contribution in [0.2, 0.25) is 0 Å². The van der Waals surface area contributed by atoms with E-state index in [0.29, 0.717) is 23.4 Å². The number of anilines is 2. The van der Waals surface area contributed by atoms with Gasteiger partial charge in [-0.2, -0.15) is 0 Å². The van der Waals surface area contributed by atoms with Crippen molar-refractivity contribution in [2.24, 2.45) is 5.73 Å². The highest BCUT2D eigenvalue weighted by molar-refractivity contribution is 8.01. The Balaban J connectivity index is 1.48. The summed E-state index contributed by atoms with van der Waals surface area (Å²) in [6.07, 6.45) is 7.59. The van der Waals surface area contributed by atoms with Crippen molar-refractivity contribution < 1.29 is 14.4 Å². The van der Waals surface area contributed by atoms with Gasteiger partial charge in [0.05, 0.1) is 15.8 Å². The van der Waals surface area contributed by atoms with Gasteiger partial charge in [0.25, 0.3) is 0 Å². The lowest BCUT2D eigenvalue weighted by Crippen LogP contribution is -2.36. The highest BCUT2D eigenvalue weighted by Gasteiger charge is 2.44. The van der Waals surface area contributed by atoms with Crippen molar-refractivity contribution in [3.05, 3.63) is 82.2 Å². The fourth-order valence-electron chi connectivity index (χ4n) is 4.59. The van der Waals surface area contributed by atoms with Crippen LogP contribution in [0.15, 0.2) is 66.2 Å². The third-order valence-electron chi connectivity index (χ3n) is 6.36. The number of nitrogens with one attached hydrogen (secondary N) is 1. The van der Waals surface area contributed by atoms with E-state index < -0.39 is 16.5 Å². The van der Waals surface area contributed by atoms with Crippen molar-refractivity contribution in [3.63, 3.8) is 0 Å². The minimum absolute atomic E-state index is 0.0239. The zero-order valence-electron chi connectivity index (χ0n) is 20.0. The molecule has 5 rings (SSSR count). The van der Waals surface area contributed by atoms with Crippen molar-refractivity contribution in [2.75, 3.05) is 16.3 Å². The summed E-state index contributed by atoms with van der Waals surface area (Å²) < 4.78 is 0. The van der Waals surface area contributed by atoms with E-state index in [1.54, 1.807) is 34.1 Å². The van der Waals surface area contributed by atoms with Gasteiger partial charge >= 0.3 is 0 Å². The Labute approximate surface area is 222 Å². The summed E-state index contributed by atoms with van der Waals surface area (Å²) >= 11 is 2.87. The van der Waals surface area contributed by atoms with Gasteiger partial charge in [-0.1, -0.05) is 30.2 Å². The summed E-state index contributed by atoms with van der Waals surface area (Å²) in [6, 6.07) is 16.3. The first kappa shape index (κ1) is 24.7. The Hall–Kier alpha value is -4.00. The molecule has 0 radical (unpaired) electrons. The molecule has 1 aliphatic rings. The van der Waals surface area contributed by atoms with Crippen LogP contribution in [0, 0.1) is 12.3 Å². The molecule has 4 aromatic rings. The predicted molar refractivity (Wildman–Crippen MR) is 150 cm³/mol. The van der Waals surface area contributed by atoms with Gasteiger partial charge in [-0.05, 0) is 42.6 Å². The van der Waals surface area contributed by atoms with Gasteiger partial charge in [-0.15, -0.1) is 29.5 Å². The number of hydrogen-bond acceptors (Lipinski definition) is 5. The van der Waals surface area contributed by atoms with Crippen LogP contribution in [-0.4, -0.2) is 34.5 Å². The number of thiophene rings is 1. The second kappa shape index (κ2) is 10.2. The van der Waals surface area contributed by atoms with E-state index in [4.69, 9.17) is 12.2 Å². The van der Waals surface area contributed by atoms with Crippen LogP contribution in [0.25, 0.3) is 10.9 Å². The summed E-state index contributed by atoms with van der Waals surface area (Å²) in [5.41, 5.74) is 8.76. The molecular weight excluding hydrogens is 504 g/mol. The first-order chi connectivity index (χ1) is 17.9. The number of nitrogens with zero attached hydrogens (tertiary/aromatic N) is 2. The molecule has 0 bridgehead atoms. The molecule has 0 saturated carbocycles. The first-order valence-corrected chi connectivity index (χ1v) is 13.5. The second-order valence-electron chi connectivity index (χ2n) is 8.50. The molecule has 9 heteroatoms. The molecule has 1 saturated heterocycles. The van der Waals surface area contributed by atoms with Gasteiger partial charge in [0, 0.05) is 46.9 Å². The molecule has 0 aliphatic carbocycles. The molecule has 2 aromatic heterocycles. The number of aromatic nitrogens is 1. The van der Waals surface area contributed by atoms with Gasteiger partial charge in [-0.25, -0.2) is 0 Å². The van der Waals surface area contributed by atoms with Crippen LogP contribution >= 0.6 is 23.1 Å². The summed E-state index contributed by atoms with van der Waals surface area (Å²) in [6.45, 7) is 2.38. The maximum Gasteiger partial charge on any atom is 0.248 e. The van der Waals surface area contributed by atoms with Crippen LogP contribution in [0.4, 0.5) is 11.4 Å². The summed E-state index contributed by atoms with van der Waals surface area (Å²) in [7, 11) is 0.